The van der Waals surface area contributed by atoms with Gasteiger partial charge in [-0.25, -0.2) is 0 Å². The molecule has 0 saturated carbocycles. The smallest absolute Gasteiger partial charge is 0.385 e. The lowest BCUT2D eigenvalue weighted by Crippen LogP contribution is -2.48. The Morgan fingerprint density at radius 2 is 1.29 bits per heavy atom. The van der Waals surface area contributed by atoms with Crippen LogP contribution in [0.15, 0.2) is 0 Å². The molecule has 0 heterocycles. The summed E-state index contributed by atoms with van der Waals surface area (Å²) < 4.78 is 77.1. The molecule has 0 spiro atoms. The van der Waals surface area contributed by atoms with Gasteiger partial charge in [-0.2, -0.15) is 26.3 Å². The molecule has 0 atom stereocenters. The molecule has 0 aromatic carbocycles. The number of hydrogen-bond acceptors (Lipinski definition) is 1. The Morgan fingerprint density at radius 3 is 1.50 bits per heavy atom. The van der Waals surface area contributed by atoms with Gasteiger partial charge in [0.1, 0.15) is 0 Å². The van der Waals surface area contributed by atoms with Crippen molar-refractivity contribution in [2.24, 2.45) is 5.41 Å². The SMILES string of the molecule is COCCC(C)(C(F)(F)F)C(F)(F)F. The maximum atomic E-state index is 12.1. The fourth-order valence-corrected chi connectivity index (χ4v) is 0.750. The predicted octanol–water partition coefficient (Wildman–Crippen LogP) is 3.15. The van der Waals surface area contributed by atoms with Crippen LogP contribution >= 0.6 is 0 Å². The van der Waals surface area contributed by atoms with E-state index in [1.54, 1.807) is 0 Å². The first-order chi connectivity index (χ1) is 6.06. The zero-order chi connectivity index (χ0) is 11.6. The van der Waals surface area contributed by atoms with Crippen molar-refractivity contribution >= 4 is 0 Å². The summed E-state index contributed by atoms with van der Waals surface area (Å²) in [7, 11) is 1.05. The molecule has 0 rings (SSSR count). The summed E-state index contributed by atoms with van der Waals surface area (Å²) in [4.78, 5) is 0. The van der Waals surface area contributed by atoms with Crippen LogP contribution in [0, 0.1) is 5.41 Å². The van der Waals surface area contributed by atoms with E-state index in [1.807, 2.05) is 0 Å². The highest BCUT2D eigenvalue weighted by Gasteiger charge is 2.66. The van der Waals surface area contributed by atoms with Gasteiger partial charge in [0.15, 0.2) is 5.41 Å². The lowest BCUT2D eigenvalue weighted by molar-refractivity contribution is -0.338. The molecule has 0 fully saturated rings. The Balaban J connectivity index is 4.87. The van der Waals surface area contributed by atoms with Crippen LogP contribution in [-0.4, -0.2) is 26.1 Å². The number of ether oxygens (including phenoxy) is 1. The molecule has 14 heavy (non-hydrogen) atoms. The molecule has 0 aliphatic rings. The van der Waals surface area contributed by atoms with Crippen LogP contribution in [0.2, 0.25) is 0 Å². The topological polar surface area (TPSA) is 9.23 Å². The number of alkyl halides is 6. The van der Waals surface area contributed by atoms with Gasteiger partial charge < -0.3 is 4.74 Å². The number of methoxy groups -OCH3 is 1. The van der Waals surface area contributed by atoms with Gasteiger partial charge in [0.25, 0.3) is 0 Å². The molecule has 0 saturated heterocycles. The van der Waals surface area contributed by atoms with E-state index in [1.165, 1.54) is 0 Å². The zero-order valence-electron chi connectivity index (χ0n) is 7.59. The summed E-state index contributed by atoms with van der Waals surface area (Å²) in [6, 6.07) is 0. The number of halogens is 6. The van der Waals surface area contributed by atoms with Gasteiger partial charge in [0, 0.05) is 13.7 Å². The van der Waals surface area contributed by atoms with Crippen LogP contribution in [0.5, 0.6) is 0 Å². The number of hydrogen-bond donors (Lipinski definition) is 0. The van der Waals surface area contributed by atoms with E-state index in [2.05, 4.69) is 4.74 Å². The highest BCUT2D eigenvalue weighted by atomic mass is 19.4. The quantitative estimate of drug-likeness (QED) is 0.669. The van der Waals surface area contributed by atoms with Crippen molar-refractivity contribution in [2.45, 2.75) is 25.7 Å². The molecule has 0 unspecified atom stereocenters. The van der Waals surface area contributed by atoms with E-state index in [4.69, 9.17) is 0 Å². The Morgan fingerprint density at radius 1 is 0.929 bits per heavy atom. The Labute approximate surface area is 77.0 Å². The first-order valence-corrected chi connectivity index (χ1v) is 3.68. The molecular weight excluding hydrogens is 214 g/mol. The van der Waals surface area contributed by atoms with Gasteiger partial charge in [-0.05, 0) is 13.3 Å². The van der Waals surface area contributed by atoms with E-state index < -0.39 is 30.8 Å². The summed E-state index contributed by atoms with van der Waals surface area (Å²) in [5.41, 5.74) is -3.70. The highest BCUT2D eigenvalue weighted by molar-refractivity contribution is 4.88. The third-order valence-corrected chi connectivity index (χ3v) is 2.06. The molecule has 0 aromatic heterocycles. The molecule has 0 N–H and O–H groups in total. The van der Waals surface area contributed by atoms with Crippen molar-refractivity contribution in [3.05, 3.63) is 0 Å². The van der Waals surface area contributed by atoms with Gasteiger partial charge in [0.05, 0.1) is 0 Å². The third kappa shape index (κ3) is 2.52. The van der Waals surface area contributed by atoms with Crippen LogP contribution in [0.4, 0.5) is 26.3 Å². The molecule has 86 valence electrons. The normalized spacial score (nSPS) is 14.6. The van der Waals surface area contributed by atoms with E-state index in [-0.39, 0.29) is 6.92 Å². The first kappa shape index (κ1) is 13.5. The summed E-state index contributed by atoms with van der Waals surface area (Å²) >= 11 is 0. The van der Waals surface area contributed by atoms with Crippen LogP contribution in [-0.2, 0) is 4.74 Å². The summed E-state index contributed by atoms with van der Waals surface area (Å²) in [6.45, 7) is -0.457. The number of rotatable bonds is 3. The van der Waals surface area contributed by atoms with Crippen LogP contribution in [0.3, 0.4) is 0 Å². The average molecular weight is 224 g/mol. The lowest BCUT2D eigenvalue weighted by atomic mass is 9.85. The first-order valence-electron chi connectivity index (χ1n) is 3.68. The Bertz CT molecular complexity index is 168. The van der Waals surface area contributed by atoms with Crippen molar-refractivity contribution < 1.29 is 31.1 Å². The summed E-state index contributed by atoms with van der Waals surface area (Å²) in [6.07, 6.45) is -11.8. The molecule has 0 bridgehead atoms. The minimum atomic E-state index is -5.32. The molecule has 7 heteroatoms. The van der Waals surface area contributed by atoms with Crippen molar-refractivity contribution in [1.82, 2.24) is 0 Å². The second-order valence-corrected chi connectivity index (χ2v) is 3.07. The summed E-state index contributed by atoms with van der Waals surface area (Å²) in [5.74, 6) is 0. The minimum Gasteiger partial charge on any atom is -0.385 e. The Hall–Kier alpha value is -0.460. The van der Waals surface area contributed by atoms with Gasteiger partial charge in [0.2, 0.25) is 0 Å². The van der Waals surface area contributed by atoms with Gasteiger partial charge in [-0.1, -0.05) is 0 Å². The highest BCUT2D eigenvalue weighted by Crippen LogP contribution is 2.52. The van der Waals surface area contributed by atoms with Gasteiger partial charge in [-0.3, -0.25) is 0 Å². The Kier molecular flexibility index (Phi) is 3.83. The summed E-state index contributed by atoms with van der Waals surface area (Å²) in [5, 5.41) is 0. The van der Waals surface area contributed by atoms with Gasteiger partial charge >= 0.3 is 12.4 Å². The predicted molar refractivity (Wildman–Crippen MR) is 36.7 cm³/mol. The fraction of sp³-hybridized carbons (Fsp3) is 1.00. The van der Waals surface area contributed by atoms with Crippen molar-refractivity contribution in [1.29, 1.82) is 0 Å². The maximum Gasteiger partial charge on any atom is 0.402 e. The van der Waals surface area contributed by atoms with Crippen LogP contribution in [0.1, 0.15) is 13.3 Å². The lowest BCUT2D eigenvalue weighted by Gasteiger charge is -2.33. The van der Waals surface area contributed by atoms with E-state index in [0.29, 0.717) is 0 Å². The molecule has 0 aliphatic heterocycles. The van der Waals surface area contributed by atoms with E-state index >= 15 is 0 Å². The molecule has 0 amide bonds. The van der Waals surface area contributed by atoms with E-state index in [9.17, 15) is 26.3 Å². The average Bonchev–Trinajstić information content (AvgIpc) is 1.95. The van der Waals surface area contributed by atoms with Gasteiger partial charge in [-0.15, -0.1) is 0 Å². The monoisotopic (exact) mass is 224 g/mol. The van der Waals surface area contributed by atoms with Crippen molar-refractivity contribution in [3.63, 3.8) is 0 Å². The third-order valence-electron chi connectivity index (χ3n) is 2.06. The van der Waals surface area contributed by atoms with Crippen LogP contribution < -0.4 is 0 Å². The second-order valence-electron chi connectivity index (χ2n) is 3.07. The zero-order valence-corrected chi connectivity index (χ0v) is 7.59. The van der Waals surface area contributed by atoms with E-state index in [0.717, 1.165) is 7.11 Å². The van der Waals surface area contributed by atoms with Crippen LogP contribution in [0.25, 0.3) is 0 Å². The standard InChI is InChI=1S/C7H10F6O/c1-5(3-4-14-2,6(8,9)10)7(11,12)13/h3-4H2,1-2H3. The molecular formula is C7H10F6O. The van der Waals surface area contributed by atoms with Crippen molar-refractivity contribution in [3.8, 4) is 0 Å². The second kappa shape index (κ2) is 3.96. The molecule has 1 nitrogen and oxygen atoms in total. The van der Waals surface area contributed by atoms with Crippen molar-refractivity contribution in [2.75, 3.05) is 13.7 Å². The largest absolute Gasteiger partial charge is 0.402 e. The molecule has 0 aliphatic carbocycles. The fourth-order valence-electron chi connectivity index (χ4n) is 0.750. The molecule has 0 radical (unpaired) electrons. The maximum absolute atomic E-state index is 12.1. The minimum absolute atomic E-state index is 0.131. The molecule has 0 aromatic rings.